The molecule has 0 saturated carbocycles. The van der Waals surface area contributed by atoms with Crippen LogP contribution in [0.15, 0.2) is 64.6 Å². The van der Waals surface area contributed by atoms with Gasteiger partial charge in [-0.1, -0.05) is 30.3 Å². The molecule has 0 saturated heterocycles. The van der Waals surface area contributed by atoms with Crippen LogP contribution in [0.2, 0.25) is 0 Å². The minimum Gasteiger partial charge on any atom is -0.481 e. The molecule has 1 amide bonds. The Labute approximate surface area is 181 Å². The fraction of sp³-hybridized carbons (Fsp3) is 0.250. The zero-order chi connectivity index (χ0) is 23.5. The Balaban J connectivity index is 1.84. The maximum Gasteiger partial charge on any atom is 0.431 e. The van der Waals surface area contributed by atoms with Crippen molar-refractivity contribution in [2.45, 2.75) is 36.4 Å². The average Bonchev–Trinajstić information content (AvgIpc) is 3.19. The number of nitrogens with zero attached hydrogens (tertiary/aromatic N) is 2. The van der Waals surface area contributed by atoms with Gasteiger partial charge in [-0.15, -0.1) is 0 Å². The van der Waals surface area contributed by atoms with Crippen molar-refractivity contribution >= 4 is 33.3 Å². The van der Waals surface area contributed by atoms with Gasteiger partial charge < -0.3 is 5.11 Å². The molecule has 1 atom stereocenters. The topological polar surface area (TPSA) is 116 Å². The molecule has 0 fully saturated rings. The first-order valence-electron chi connectivity index (χ1n) is 9.34. The van der Waals surface area contributed by atoms with Crippen molar-refractivity contribution in [1.82, 2.24) is 4.72 Å². The monoisotopic (exact) mass is 469 g/mol. The number of sulfonamides is 1. The number of nitrogens with one attached hydrogen (secondary N) is 1. The third kappa shape index (κ3) is 5.44. The van der Waals surface area contributed by atoms with Gasteiger partial charge in [-0.25, -0.2) is 13.1 Å². The quantitative estimate of drug-likeness (QED) is 0.643. The summed E-state index contributed by atoms with van der Waals surface area (Å²) < 4.78 is 66.2. The van der Waals surface area contributed by atoms with Crippen LogP contribution in [0, 0.1) is 0 Å². The Bertz CT molecular complexity index is 1130. The first kappa shape index (κ1) is 23.3. The van der Waals surface area contributed by atoms with Crippen LogP contribution in [0.4, 0.5) is 18.9 Å². The van der Waals surface area contributed by atoms with Crippen LogP contribution in [0.25, 0.3) is 0 Å². The molecule has 32 heavy (non-hydrogen) atoms. The Morgan fingerprint density at radius 2 is 1.69 bits per heavy atom. The Kier molecular flexibility index (Phi) is 6.53. The summed E-state index contributed by atoms with van der Waals surface area (Å²) in [5, 5.41) is 13.5. The number of hydrogen-bond donors (Lipinski definition) is 2. The number of carboxylic acids is 1. The van der Waals surface area contributed by atoms with Gasteiger partial charge in [0.05, 0.1) is 23.0 Å². The first-order chi connectivity index (χ1) is 15.0. The molecule has 170 valence electrons. The molecule has 2 aromatic carbocycles. The maximum absolute atomic E-state index is 13.3. The fourth-order valence-corrected chi connectivity index (χ4v) is 4.13. The molecule has 1 aliphatic heterocycles. The lowest BCUT2D eigenvalue weighted by atomic mass is 10.0. The number of halogens is 3. The molecule has 0 radical (unpaired) electrons. The van der Waals surface area contributed by atoms with Gasteiger partial charge in [0.15, 0.2) is 0 Å². The summed E-state index contributed by atoms with van der Waals surface area (Å²) >= 11 is 0. The third-order valence-electron chi connectivity index (χ3n) is 4.65. The fourth-order valence-electron chi connectivity index (χ4n) is 3.11. The van der Waals surface area contributed by atoms with E-state index in [2.05, 4.69) is 5.10 Å². The standard InChI is InChI=1S/C20H18F3N3O5S/c21-20(22,23)17-12-16(13-4-2-1-3-5-13)26(24-17)14-6-8-15(9-7-14)32(30,31)25-18(27)10-11-19(28)29/h1-9,16H,10-12H2,(H,25,27)(H,28,29). The second-order valence-electron chi connectivity index (χ2n) is 6.94. The number of amides is 1. The van der Waals surface area contributed by atoms with E-state index >= 15 is 0 Å². The number of carbonyl (C=O) groups excluding carboxylic acids is 1. The van der Waals surface area contributed by atoms with E-state index in [1.54, 1.807) is 35.1 Å². The molecular formula is C20H18F3N3O5S. The number of aliphatic carboxylic acids is 1. The molecule has 0 aromatic heterocycles. The van der Waals surface area contributed by atoms with E-state index in [1.165, 1.54) is 17.1 Å². The summed E-state index contributed by atoms with van der Waals surface area (Å²) in [6, 6.07) is 12.6. The largest absolute Gasteiger partial charge is 0.481 e. The highest BCUT2D eigenvalue weighted by molar-refractivity contribution is 7.90. The van der Waals surface area contributed by atoms with Crippen LogP contribution in [-0.2, 0) is 19.6 Å². The number of carboxylic acid groups (broad SMARTS) is 1. The summed E-state index contributed by atoms with van der Waals surface area (Å²) in [5.41, 5.74) is -0.110. The van der Waals surface area contributed by atoms with Crippen LogP contribution in [0.1, 0.15) is 30.9 Å². The molecular weight excluding hydrogens is 451 g/mol. The van der Waals surface area contributed by atoms with E-state index in [0.29, 0.717) is 5.56 Å². The predicted molar refractivity (Wildman–Crippen MR) is 108 cm³/mol. The molecule has 3 rings (SSSR count). The normalized spacial score (nSPS) is 16.5. The summed E-state index contributed by atoms with van der Waals surface area (Å²) in [5.74, 6) is -2.24. The lowest BCUT2D eigenvalue weighted by Gasteiger charge is -2.24. The summed E-state index contributed by atoms with van der Waals surface area (Å²) in [7, 11) is -4.27. The Morgan fingerprint density at radius 1 is 1.06 bits per heavy atom. The van der Waals surface area contributed by atoms with E-state index in [0.717, 1.165) is 12.1 Å². The minimum absolute atomic E-state index is 0.231. The van der Waals surface area contributed by atoms with Crippen molar-refractivity contribution < 1.29 is 36.3 Å². The van der Waals surface area contributed by atoms with Gasteiger partial charge in [-0.05, 0) is 29.8 Å². The number of hydrazone groups is 1. The van der Waals surface area contributed by atoms with Crippen molar-refractivity contribution in [1.29, 1.82) is 0 Å². The summed E-state index contributed by atoms with van der Waals surface area (Å²) in [4.78, 5) is 21.9. The van der Waals surface area contributed by atoms with Crippen molar-refractivity contribution in [3.05, 3.63) is 60.2 Å². The number of rotatable bonds is 7. The summed E-state index contributed by atoms with van der Waals surface area (Å²) in [6.07, 6.45) is -6.03. The van der Waals surface area contributed by atoms with Crippen LogP contribution >= 0.6 is 0 Å². The average molecular weight is 469 g/mol. The maximum atomic E-state index is 13.3. The van der Waals surface area contributed by atoms with Crippen LogP contribution < -0.4 is 9.73 Å². The zero-order valence-electron chi connectivity index (χ0n) is 16.4. The molecule has 1 unspecified atom stereocenters. The van der Waals surface area contributed by atoms with Crippen LogP contribution in [0.3, 0.4) is 0 Å². The lowest BCUT2D eigenvalue weighted by Crippen LogP contribution is -2.30. The third-order valence-corrected chi connectivity index (χ3v) is 6.04. The zero-order valence-corrected chi connectivity index (χ0v) is 17.2. The highest BCUT2D eigenvalue weighted by Crippen LogP contribution is 2.39. The van der Waals surface area contributed by atoms with Gasteiger partial charge in [0.2, 0.25) is 5.91 Å². The van der Waals surface area contributed by atoms with Gasteiger partial charge in [0.1, 0.15) is 5.71 Å². The molecule has 0 aliphatic carbocycles. The van der Waals surface area contributed by atoms with Gasteiger partial charge in [0, 0.05) is 12.8 Å². The van der Waals surface area contributed by atoms with Gasteiger partial charge in [-0.2, -0.15) is 18.3 Å². The second kappa shape index (κ2) is 8.99. The van der Waals surface area contributed by atoms with E-state index in [-0.39, 0.29) is 17.0 Å². The molecule has 0 spiro atoms. The Morgan fingerprint density at radius 3 is 2.25 bits per heavy atom. The molecule has 0 bridgehead atoms. The highest BCUT2D eigenvalue weighted by Gasteiger charge is 2.43. The van der Waals surface area contributed by atoms with Crippen molar-refractivity contribution in [3.63, 3.8) is 0 Å². The lowest BCUT2D eigenvalue weighted by molar-refractivity contribution is -0.138. The molecule has 1 heterocycles. The number of anilines is 1. The highest BCUT2D eigenvalue weighted by atomic mass is 32.2. The number of hydrogen-bond acceptors (Lipinski definition) is 6. The van der Waals surface area contributed by atoms with Gasteiger partial charge in [0.25, 0.3) is 10.0 Å². The van der Waals surface area contributed by atoms with Crippen molar-refractivity contribution in [2.24, 2.45) is 5.10 Å². The van der Waals surface area contributed by atoms with Crippen molar-refractivity contribution in [3.8, 4) is 0 Å². The predicted octanol–water partition coefficient (Wildman–Crippen LogP) is 3.23. The van der Waals surface area contributed by atoms with Gasteiger partial charge in [-0.3, -0.25) is 14.6 Å². The summed E-state index contributed by atoms with van der Waals surface area (Å²) in [6.45, 7) is 0. The number of alkyl halides is 3. The van der Waals surface area contributed by atoms with Crippen LogP contribution in [0.5, 0.6) is 0 Å². The first-order valence-corrected chi connectivity index (χ1v) is 10.8. The molecule has 12 heteroatoms. The van der Waals surface area contributed by atoms with E-state index in [4.69, 9.17) is 5.11 Å². The molecule has 8 nitrogen and oxygen atoms in total. The van der Waals surface area contributed by atoms with Crippen molar-refractivity contribution in [2.75, 3.05) is 5.01 Å². The van der Waals surface area contributed by atoms with Crippen LogP contribution in [-0.4, -0.2) is 37.3 Å². The van der Waals surface area contributed by atoms with E-state index < -0.39 is 52.7 Å². The SMILES string of the molecule is O=C(O)CCC(=O)NS(=O)(=O)c1ccc(N2N=C(C(F)(F)F)CC2c2ccccc2)cc1. The number of carbonyl (C=O) groups is 2. The van der Waals surface area contributed by atoms with Gasteiger partial charge >= 0.3 is 12.1 Å². The molecule has 1 aliphatic rings. The Hall–Kier alpha value is -3.41. The smallest absolute Gasteiger partial charge is 0.431 e. The van der Waals surface area contributed by atoms with E-state index in [1.807, 2.05) is 0 Å². The number of benzene rings is 2. The van der Waals surface area contributed by atoms with E-state index in [9.17, 15) is 31.2 Å². The molecule has 2 N–H and O–H groups in total. The second-order valence-corrected chi connectivity index (χ2v) is 8.62. The minimum atomic E-state index is -4.61. The molecule has 2 aromatic rings.